The molecule has 1 saturated carbocycles. The van der Waals surface area contributed by atoms with Crippen molar-refractivity contribution in [2.45, 2.75) is 71.4 Å². The molecule has 3 nitrogen and oxygen atoms in total. The molecule has 0 saturated heterocycles. The van der Waals surface area contributed by atoms with Crippen LogP contribution in [0.4, 0.5) is 5.95 Å². The van der Waals surface area contributed by atoms with Crippen LogP contribution in [0.25, 0.3) is 0 Å². The molecule has 2 rings (SSSR count). The summed E-state index contributed by atoms with van der Waals surface area (Å²) in [4.78, 5) is 4.63. The number of imidazole rings is 1. The van der Waals surface area contributed by atoms with Crippen molar-refractivity contribution in [2.75, 3.05) is 5.32 Å². The number of nitrogens with one attached hydrogen (secondary N) is 1. The standard InChI is InChI=1S/C14H25N3/c1-4-6-10-17-11-12(3)15-13(17)16-14(5-2)8-7-9-14/h11H,4-10H2,1-3H3,(H,15,16). The first-order valence-electron chi connectivity index (χ1n) is 7.01. The van der Waals surface area contributed by atoms with Crippen LogP contribution >= 0.6 is 0 Å². The summed E-state index contributed by atoms with van der Waals surface area (Å²) in [6.45, 7) is 7.67. The molecule has 0 bridgehead atoms. The summed E-state index contributed by atoms with van der Waals surface area (Å²) in [5.41, 5.74) is 1.45. The van der Waals surface area contributed by atoms with Gasteiger partial charge < -0.3 is 9.88 Å². The maximum absolute atomic E-state index is 4.63. The van der Waals surface area contributed by atoms with Gasteiger partial charge in [0.2, 0.25) is 5.95 Å². The van der Waals surface area contributed by atoms with Gasteiger partial charge in [0.05, 0.1) is 5.69 Å². The maximum atomic E-state index is 4.63. The van der Waals surface area contributed by atoms with Crippen LogP contribution in [0.2, 0.25) is 0 Å². The minimum Gasteiger partial charge on any atom is -0.350 e. The van der Waals surface area contributed by atoms with E-state index < -0.39 is 0 Å². The quantitative estimate of drug-likeness (QED) is 0.814. The van der Waals surface area contributed by atoms with E-state index in [-0.39, 0.29) is 0 Å². The van der Waals surface area contributed by atoms with E-state index in [1.807, 2.05) is 0 Å². The van der Waals surface area contributed by atoms with Gasteiger partial charge in [0.25, 0.3) is 0 Å². The van der Waals surface area contributed by atoms with Gasteiger partial charge in [-0.1, -0.05) is 20.3 Å². The van der Waals surface area contributed by atoms with Crippen LogP contribution in [0.3, 0.4) is 0 Å². The highest BCUT2D eigenvalue weighted by atomic mass is 15.2. The van der Waals surface area contributed by atoms with E-state index in [1.165, 1.54) is 38.5 Å². The van der Waals surface area contributed by atoms with Gasteiger partial charge in [-0.2, -0.15) is 0 Å². The highest BCUT2D eigenvalue weighted by molar-refractivity contribution is 5.34. The minimum atomic E-state index is 0.335. The molecule has 1 aliphatic rings. The molecule has 1 N–H and O–H groups in total. The van der Waals surface area contributed by atoms with Crippen molar-refractivity contribution >= 4 is 5.95 Å². The molecule has 3 heteroatoms. The van der Waals surface area contributed by atoms with E-state index in [2.05, 4.69) is 41.8 Å². The number of hydrogen-bond donors (Lipinski definition) is 1. The molecular weight excluding hydrogens is 210 g/mol. The van der Waals surface area contributed by atoms with Gasteiger partial charge in [0.1, 0.15) is 0 Å². The predicted molar refractivity (Wildman–Crippen MR) is 72.4 cm³/mol. The zero-order valence-electron chi connectivity index (χ0n) is 11.4. The molecule has 17 heavy (non-hydrogen) atoms. The summed E-state index contributed by atoms with van der Waals surface area (Å²) in [5, 5.41) is 3.69. The molecule has 1 heterocycles. The third-order valence-electron chi connectivity index (χ3n) is 4.01. The number of rotatable bonds is 6. The van der Waals surface area contributed by atoms with Crippen molar-refractivity contribution in [3.63, 3.8) is 0 Å². The van der Waals surface area contributed by atoms with Crippen molar-refractivity contribution in [1.29, 1.82) is 0 Å². The summed E-state index contributed by atoms with van der Waals surface area (Å²) >= 11 is 0. The molecule has 0 spiro atoms. The van der Waals surface area contributed by atoms with Gasteiger partial charge in [0.15, 0.2) is 0 Å². The first kappa shape index (κ1) is 12.5. The van der Waals surface area contributed by atoms with E-state index in [4.69, 9.17) is 0 Å². The smallest absolute Gasteiger partial charge is 0.203 e. The first-order chi connectivity index (χ1) is 8.19. The molecule has 1 aromatic heterocycles. The molecule has 96 valence electrons. The number of aromatic nitrogens is 2. The molecule has 0 unspecified atom stereocenters. The lowest BCUT2D eigenvalue weighted by atomic mass is 9.75. The summed E-state index contributed by atoms with van der Waals surface area (Å²) in [6.07, 6.45) is 9.77. The largest absolute Gasteiger partial charge is 0.350 e. The van der Waals surface area contributed by atoms with Gasteiger partial charge in [-0.05, 0) is 39.0 Å². The van der Waals surface area contributed by atoms with Gasteiger partial charge >= 0.3 is 0 Å². The van der Waals surface area contributed by atoms with Crippen molar-refractivity contribution < 1.29 is 0 Å². The first-order valence-corrected chi connectivity index (χ1v) is 7.01. The molecule has 0 amide bonds. The fraction of sp³-hybridized carbons (Fsp3) is 0.786. The molecule has 1 aromatic rings. The van der Waals surface area contributed by atoms with Crippen LogP contribution in [0, 0.1) is 6.92 Å². The number of unbranched alkanes of at least 4 members (excludes halogenated alkanes) is 1. The Kier molecular flexibility index (Phi) is 3.75. The topological polar surface area (TPSA) is 29.9 Å². The van der Waals surface area contributed by atoms with Crippen LogP contribution < -0.4 is 5.32 Å². The maximum Gasteiger partial charge on any atom is 0.203 e. The summed E-state index contributed by atoms with van der Waals surface area (Å²) in [7, 11) is 0. The van der Waals surface area contributed by atoms with Crippen molar-refractivity contribution in [3.8, 4) is 0 Å². The van der Waals surface area contributed by atoms with Gasteiger partial charge in [-0.3, -0.25) is 0 Å². The Hall–Kier alpha value is -0.990. The molecule has 1 fully saturated rings. The fourth-order valence-corrected chi connectivity index (χ4v) is 2.55. The van der Waals surface area contributed by atoms with Crippen LogP contribution in [0.5, 0.6) is 0 Å². The van der Waals surface area contributed by atoms with Gasteiger partial charge in [0, 0.05) is 18.3 Å². The van der Waals surface area contributed by atoms with Crippen LogP contribution in [-0.4, -0.2) is 15.1 Å². The Labute approximate surface area is 105 Å². The zero-order valence-corrected chi connectivity index (χ0v) is 11.4. The average Bonchev–Trinajstić information content (AvgIpc) is 2.61. The molecule has 1 aliphatic carbocycles. The lowest BCUT2D eigenvalue weighted by molar-refractivity contribution is 0.267. The van der Waals surface area contributed by atoms with Crippen molar-refractivity contribution in [1.82, 2.24) is 9.55 Å². The summed E-state index contributed by atoms with van der Waals surface area (Å²) in [6, 6.07) is 0. The Balaban J connectivity index is 2.08. The summed E-state index contributed by atoms with van der Waals surface area (Å²) in [5.74, 6) is 1.08. The normalized spacial score (nSPS) is 17.8. The Morgan fingerprint density at radius 1 is 1.41 bits per heavy atom. The molecule has 0 aliphatic heterocycles. The van der Waals surface area contributed by atoms with Gasteiger partial charge in [-0.25, -0.2) is 4.98 Å². The van der Waals surface area contributed by atoms with E-state index in [0.717, 1.165) is 18.2 Å². The predicted octanol–water partition coefficient (Wildman–Crippen LogP) is 3.74. The van der Waals surface area contributed by atoms with E-state index in [9.17, 15) is 0 Å². The third kappa shape index (κ3) is 2.64. The lowest BCUT2D eigenvalue weighted by Crippen LogP contribution is -2.45. The number of aryl methyl sites for hydroxylation is 2. The molecule has 0 aromatic carbocycles. The Morgan fingerprint density at radius 3 is 2.71 bits per heavy atom. The second kappa shape index (κ2) is 5.11. The monoisotopic (exact) mass is 235 g/mol. The zero-order chi connectivity index (χ0) is 12.3. The highest BCUT2D eigenvalue weighted by Crippen LogP contribution is 2.37. The van der Waals surface area contributed by atoms with E-state index in [0.29, 0.717) is 5.54 Å². The molecule has 0 radical (unpaired) electrons. The van der Waals surface area contributed by atoms with E-state index >= 15 is 0 Å². The van der Waals surface area contributed by atoms with Crippen molar-refractivity contribution in [2.24, 2.45) is 0 Å². The van der Waals surface area contributed by atoms with Crippen LogP contribution in [0.15, 0.2) is 6.20 Å². The number of anilines is 1. The highest BCUT2D eigenvalue weighted by Gasteiger charge is 2.35. The molecular formula is C14H25N3. The average molecular weight is 235 g/mol. The van der Waals surface area contributed by atoms with Crippen LogP contribution in [-0.2, 0) is 6.54 Å². The Bertz CT molecular complexity index is 358. The van der Waals surface area contributed by atoms with Gasteiger partial charge in [-0.15, -0.1) is 0 Å². The minimum absolute atomic E-state index is 0.335. The van der Waals surface area contributed by atoms with Crippen LogP contribution in [0.1, 0.15) is 58.1 Å². The second-order valence-electron chi connectivity index (χ2n) is 5.37. The van der Waals surface area contributed by atoms with E-state index in [1.54, 1.807) is 0 Å². The fourth-order valence-electron chi connectivity index (χ4n) is 2.55. The molecule has 0 atom stereocenters. The lowest BCUT2D eigenvalue weighted by Gasteiger charge is -2.42. The van der Waals surface area contributed by atoms with Crippen molar-refractivity contribution in [3.05, 3.63) is 11.9 Å². The SMILES string of the molecule is CCCCn1cc(C)nc1NC1(CC)CCC1. The second-order valence-corrected chi connectivity index (χ2v) is 5.37. The number of nitrogens with zero attached hydrogens (tertiary/aromatic N) is 2. The number of hydrogen-bond acceptors (Lipinski definition) is 2. The third-order valence-corrected chi connectivity index (χ3v) is 4.01. The summed E-state index contributed by atoms with van der Waals surface area (Å²) < 4.78 is 2.29. The Morgan fingerprint density at radius 2 is 2.18 bits per heavy atom.